The van der Waals surface area contributed by atoms with Crippen LogP contribution in [-0.4, -0.2) is 34.5 Å². The van der Waals surface area contributed by atoms with Crippen LogP contribution in [0.1, 0.15) is 26.7 Å². The summed E-state index contributed by atoms with van der Waals surface area (Å²) in [6, 6.07) is -0.737. The van der Waals surface area contributed by atoms with E-state index >= 15 is 0 Å². The van der Waals surface area contributed by atoms with Crippen LogP contribution in [0.2, 0.25) is 0 Å². The Bertz CT molecular complexity index is 315. The topological polar surface area (TPSA) is 95.5 Å². The minimum Gasteiger partial charge on any atom is -0.480 e. The Labute approximate surface area is 87.0 Å². The van der Waals surface area contributed by atoms with Crippen molar-refractivity contribution in [3.05, 3.63) is 0 Å². The van der Waals surface area contributed by atoms with E-state index in [0.29, 0.717) is 6.42 Å². The molecule has 1 rings (SSSR count). The molecule has 0 aromatic rings. The van der Waals surface area contributed by atoms with E-state index in [1.54, 1.807) is 6.92 Å². The zero-order valence-corrected chi connectivity index (χ0v) is 8.66. The van der Waals surface area contributed by atoms with Gasteiger partial charge in [0.2, 0.25) is 11.8 Å². The molecule has 2 amide bonds. The Kier molecular flexibility index (Phi) is 3.09. The van der Waals surface area contributed by atoms with E-state index in [0.717, 1.165) is 0 Å². The lowest BCUT2D eigenvalue weighted by atomic mass is 9.97. The number of hydrogen-bond acceptors (Lipinski definition) is 4. The maximum absolute atomic E-state index is 11.2. The second-order valence-corrected chi connectivity index (χ2v) is 3.80. The van der Waals surface area contributed by atoms with Crippen LogP contribution < -0.4 is 10.6 Å². The van der Waals surface area contributed by atoms with Gasteiger partial charge < -0.3 is 5.11 Å². The Morgan fingerprint density at radius 2 is 2.27 bits per heavy atom. The van der Waals surface area contributed by atoms with E-state index in [-0.39, 0.29) is 12.3 Å². The van der Waals surface area contributed by atoms with Gasteiger partial charge in [-0.3, -0.25) is 25.0 Å². The molecule has 15 heavy (non-hydrogen) atoms. The van der Waals surface area contributed by atoms with E-state index in [1.165, 1.54) is 6.92 Å². The molecule has 3 N–H and O–H groups in total. The van der Waals surface area contributed by atoms with Crippen molar-refractivity contribution >= 4 is 17.8 Å². The molecule has 2 unspecified atom stereocenters. The van der Waals surface area contributed by atoms with Crippen LogP contribution in [0.3, 0.4) is 0 Å². The molecule has 1 fully saturated rings. The number of amides is 2. The van der Waals surface area contributed by atoms with Crippen molar-refractivity contribution in [2.24, 2.45) is 0 Å². The smallest absolute Gasteiger partial charge is 0.323 e. The van der Waals surface area contributed by atoms with Gasteiger partial charge in [-0.25, -0.2) is 0 Å². The standard InChI is InChI=1S/C9H14N2O4/c1-3-9(2,8(14)15)11-5-4-6(12)10-7(5)13/h5,11H,3-4H2,1-2H3,(H,14,15)(H,10,12,13). The predicted octanol–water partition coefficient (Wildman–Crippen LogP) is -0.756. The second-order valence-electron chi connectivity index (χ2n) is 3.80. The molecule has 0 spiro atoms. The van der Waals surface area contributed by atoms with Crippen molar-refractivity contribution < 1.29 is 19.5 Å². The fraction of sp³-hybridized carbons (Fsp3) is 0.667. The first kappa shape index (κ1) is 11.6. The van der Waals surface area contributed by atoms with Crippen LogP contribution in [0, 0.1) is 0 Å². The largest absolute Gasteiger partial charge is 0.480 e. The quantitative estimate of drug-likeness (QED) is 0.535. The van der Waals surface area contributed by atoms with Crippen LogP contribution in [0.15, 0.2) is 0 Å². The summed E-state index contributed by atoms with van der Waals surface area (Å²) in [5.74, 6) is -1.86. The summed E-state index contributed by atoms with van der Waals surface area (Å²) in [4.78, 5) is 33.1. The maximum atomic E-state index is 11.2. The van der Waals surface area contributed by atoms with Gasteiger partial charge in [-0.1, -0.05) is 6.92 Å². The lowest BCUT2D eigenvalue weighted by Crippen LogP contribution is -2.55. The fourth-order valence-electron chi connectivity index (χ4n) is 1.37. The summed E-state index contributed by atoms with van der Waals surface area (Å²) in [5, 5.41) is 13.8. The summed E-state index contributed by atoms with van der Waals surface area (Å²) >= 11 is 0. The number of carboxylic acid groups (broad SMARTS) is 1. The first-order chi connectivity index (χ1) is 6.89. The van der Waals surface area contributed by atoms with Gasteiger partial charge in [-0.05, 0) is 13.3 Å². The average molecular weight is 214 g/mol. The van der Waals surface area contributed by atoms with E-state index < -0.39 is 23.5 Å². The molecular weight excluding hydrogens is 200 g/mol. The van der Waals surface area contributed by atoms with Crippen molar-refractivity contribution in [3.8, 4) is 0 Å². The maximum Gasteiger partial charge on any atom is 0.323 e. The van der Waals surface area contributed by atoms with E-state index in [9.17, 15) is 14.4 Å². The summed E-state index contributed by atoms with van der Waals surface area (Å²) in [5.41, 5.74) is -1.17. The highest BCUT2D eigenvalue weighted by molar-refractivity contribution is 6.05. The number of carbonyl (C=O) groups is 3. The molecule has 6 heteroatoms. The van der Waals surface area contributed by atoms with Crippen molar-refractivity contribution in [1.29, 1.82) is 0 Å². The predicted molar refractivity (Wildman–Crippen MR) is 51.0 cm³/mol. The van der Waals surface area contributed by atoms with Crippen molar-refractivity contribution in [2.45, 2.75) is 38.3 Å². The fourth-order valence-corrected chi connectivity index (χ4v) is 1.37. The third-order valence-electron chi connectivity index (χ3n) is 2.64. The Hall–Kier alpha value is -1.43. The molecule has 1 saturated heterocycles. The first-order valence-electron chi connectivity index (χ1n) is 4.74. The molecule has 0 aliphatic carbocycles. The molecule has 0 bridgehead atoms. The lowest BCUT2D eigenvalue weighted by Gasteiger charge is -2.27. The Morgan fingerprint density at radius 1 is 1.67 bits per heavy atom. The number of rotatable bonds is 4. The van der Waals surface area contributed by atoms with E-state index in [4.69, 9.17) is 5.11 Å². The van der Waals surface area contributed by atoms with Crippen molar-refractivity contribution in [1.82, 2.24) is 10.6 Å². The molecule has 1 aliphatic heterocycles. The molecule has 0 aromatic heterocycles. The number of carboxylic acids is 1. The monoisotopic (exact) mass is 214 g/mol. The van der Waals surface area contributed by atoms with Gasteiger partial charge in [0.05, 0.1) is 12.5 Å². The Balaban J connectivity index is 2.72. The number of nitrogens with one attached hydrogen (secondary N) is 2. The van der Waals surface area contributed by atoms with Crippen LogP contribution in [0.25, 0.3) is 0 Å². The minimum absolute atomic E-state index is 0.00169. The highest BCUT2D eigenvalue weighted by atomic mass is 16.4. The van der Waals surface area contributed by atoms with Gasteiger partial charge >= 0.3 is 5.97 Å². The zero-order chi connectivity index (χ0) is 11.6. The molecular formula is C9H14N2O4. The van der Waals surface area contributed by atoms with Gasteiger partial charge in [0.1, 0.15) is 5.54 Å². The highest BCUT2D eigenvalue weighted by Crippen LogP contribution is 2.13. The first-order valence-corrected chi connectivity index (χ1v) is 4.74. The zero-order valence-electron chi connectivity index (χ0n) is 8.66. The van der Waals surface area contributed by atoms with Crippen molar-refractivity contribution in [2.75, 3.05) is 0 Å². The number of hydrogen-bond donors (Lipinski definition) is 3. The van der Waals surface area contributed by atoms with Gasteiger partial charge in [-0.15, -0.1) is 0 Å². The number of carbonyl (C=O) groups excluding carboxylic acids is 2. The molecule has 1 heterocycles. The SMILES string of the molecule is CCC(C)(NC1CC(=O)NC1=O)C(=O)O. The van der Waals surface area contributed by atoms with Gasteiger partial charge in [-0.2, -0.15) is 0 Å². The average Bonchev–Trinajstić information content (AvgIpc) is 2.44. The Morgan fingerprint density at radius 3 is 2.60 bits per heavy atom. The molecule has 1 aliphatic rings. The summed E-state index contributed by atoms with van der Waals surface area (Å²) < 4.78 is 0. The third kappa shape index (κ3) is 2.33. The summed E-state index contributed by atoms with van der Waals surface area (Å²) in [7, 11) is 0. The molecule has 84 valence electrons. The third-order valence-corrected chi connectivity index (χ3v) is 2.64. The molecule has 0 aromatic carbocycles. The second kappa shape index (κ2) is 3.98. The van der Waals surface area contributed by atoms with E-state index in [1.807, 2.05) is 0 Å². The highest BCUT2D eigenvalue weighted by Gasteiger charge is 2.39. The van der Waals surface area contributed by atoms with Crippen LogP contribution in [0.5, 0.6) is 0 Å². The van der Waals surface area contributed by atoms with Crippen LogP contribution in [-0.2, 0) is 14.4 Å². The van der Waals surface area contributed by atoms with Crippen molar-refractivity contribution in [3.63, 3.8) is 0 Å². The lowest BCUT2D eigenvalue weighted by molar-refractivity contribution is -0.145. The van der Waals surface area contributed by atoms with Crippen LogP contribution >= 0.6 is 0 Å². The van der Waals surface area contributed by atoms with Gasteiger partial charge in [0, 0.05) is 0 Å². The minimum atomic E-state index is -1.17. The molecule has 6 nitrogen and oxygen atoms in total. The van der Waals surface area contributed by atoms with Crippen LogP contribution in [0.4, 0.5) is 0 Å². The van der Waals surface area contributed by atoms with E-state index in [2.05, 4.69) is 10.6 Å². The molecule has 2 atom stereocenters. The van der Waals surface area contributed by atoms with Gasteiger partial charge in [0.25, 0.3) is 0 Å². The van der Waals surface area contributed by atoms with Gasteiger partial charge in [0.15, 0.2) is 0 Å². The summed E-state index contributed by atoms with van der Waals surface area (Å²) in [6.07, 6.45) is 0.335. The number of aliphatic carboxylic acids is 1. The molecule has 0 saturated carbocycles. The summed E-state index contributed by atoms with van der Waals surface area (Å²) in [6.45, 7) is 3.20. The number of imide groups is 1. The normalized spacial score (nSPS) is 24.8. The molecule has 0 radical (unpaired) electrons.